The lowest BCUT2D eigenvalue weighted by molar-refractivity contribution is 0.102. The number of halogens is 1. The van der Waals surface area contributed by atoms with Crippen LogP contribution in [0.4, 0.5) is 10.1 Å². The summed E-state index contributed by atoms with van der Waals surface area (Å²) in [7, 11) is 0. The zero-order chi connectivity index (χ0) is 21.4. The Kier molecular flexibility index (Phi) is 4.58. The maximum Gasteiger partial charge on any atom is 0.276 e. The molecule has 9 nitrogen and oxygen atoms in total. The van der Waals surface area contributed by atoms with Crippen molar-refractivity contribution >= 4 is 11.6 Å². The summed E-state index contributed by atoms with van der Waals surface area (Å²) in [4.78, 5) is 24.8. The molecule has 0 saturated heterocycles. The lowest BCUT2D eigenvalue weighted by Crippen LogP contribution is -2.24. The number of rotatable bonds is 5. The van der Waals surface area contributed by atoms with Gasteiger partial charge in [0, 0.05) is 17.3 Å². The Labute approximate surface area is 175 Å². The van der Waals surface area contributed by atoms with E-state index in [2.05, 4.69) is 25.9 Å². The maximum atomic E-state index is 13.2. The molecule has 0 bridgehead atoms. The van der Waals surface area contributed by atoms with Gasteiger partial charge in [-0.3, -0.25) is 9.59 Å². The van der Waals surface area contributed by atoms with E-state index < -0.39 is 17.3 Å². The van der Waals surface area contributed by atoms with Crippen molar-refractivity contribution in [2.45, 2.75) is 18.9 Å². The summed E-state index contributed by atoms with van der Waals surface area (Å²) < 4.78 is 16.0. The first-order chi connectivity index (χ1) is 15.1. The SMILES string of the molecule is O=C(Nc1ccc(-c2nnnn2C2CC2)cc1)c1ccc(=O)n(-c2ccc(F)cc2)n1. The molecule has 10 heteroatoms. The topological polar surface area (TPSA) is 108 Å². The smallest absolute Gasteiger partial charge is 0.276 e. The molecule has 0 aliphatic heterocycles. The highest BCUT2D eigenvalue weighted by atomic mass is 19.1. The predicted molar refractivity (Wildman–Crippen MR) is 109 cm³/mol. The molecule has 5 rings (SSSR count). The van der Waals surface area contributed by atoms with E-state index in [0.717, 1.165) is 23.1 Å². The van der Waals surface area contributed by atoms with Crippen LogP contribution in [0.1, 0.15) is 29.4 Å². The number of anilines is 1. The summed E-state index contributed by atoms with van der Waals surface area (Å²) in [6.07, 6.45) is 2.14. The summed E-state index contributed by atoms with van der Waals surface area (Å²) in [5.41, 5.74) is 1.38. The Bertz CT molecular complexity index is 1310. The van der Waals surface area contributed by atoms with Crippen LogP contribution in [0.15, 0.2) is 65.5 Å². The molecule has 2 heterocycles. The van der Waals surface area contributed by atoms with Gasteiger partial charge in [-0.2, -0.15) is 9.78 Å². The second-order valence-electron chi connectivity index (χ2n) is 7.15. The molecule has 154 valence electrons. The number of carbonyl (C=O) groups is 1. The van der Waals surface area contributed by atoms with Crippen LogP contribution in [0.2, 0.25) is 0 Å². The standard InChI is InChI=1S/C21H16FN7O2/c22-14-3-7-16(8-4-14)28-19(30)12-11-18(25-28)21(31)23-15-5-1-13(2-6-15)20-24-26-27-29(20)17-9-10-17/h1-8,11-12,17H,9-10H2,(H,23,31). The fourth-order valence-corrected chi connectivity index (χ4v) is 3.15. The predicted octanol–water partition coefficient (Wildman–Crippen LogP) is 2.61. The average Bonchev–Trinajstić information content (AvgIpc) is 3.51. The Morgan fingerprint density at radius 1 is 1.00 bits per heavy atom. The molecule has 1 amide bonds. The molecule has 31 heavy (non-hydrogen) atoms. The van der Waals surface area contributed by atoms with E-state index in [1.165, 1.54) is 36.4 Å². The van der Waals surface area contributed by atoms with E-state index in [9.17, 15) is 14.0 Å². The van der Waals surface area contributed by atoms with Crippen LogP contribution in [0.25, 0.3) is 17.1 Å². The second kappa shape index (κ2) is 7.56. The van der Waals surface area contributed by atoms with Crippen molar-refractivity contribution in [2.24, 2.45) is 0 Å². The van der Waals surface area contributed by atoms with E-state index in [4.69, 9.17) is 0 Å². The quantitative estimate of drug-likeness (QED) is 0.535. The molecule has 1 aliphatic carbocycles. The molecule has 0 atom stereocenters. The molecule has 2 aromatic heterocycles. The second-order valence-corrected chi connectivity index (χ2v) is 7.15. The molecule has 0 unspecified atom stereocenters. The van der Waals surface area contributed by atoms with Crippen LogP contribution in [-0.4, -0.2) is 35.9 Å². The number of nitrogens with zero attached hydrogens (tertiary/aromatic N) is 6. The largest absolute Gasteiger partial charge is 0.321 e. The Morgan fingerprint density at radius 2 is 1.74 bits per heavy atom. The van der Waals surface area contributed by atoms with Crippen LogP contribution < -0.4 is 10.9 Å². The molecule has 4 aromatic rings. The molecular weight excluding hydrogens is 401 g/mol. The molecule has 1 aliphatic rings. The van der Waals surface area contributed by atoms with Crippen molar-refractivity contribution in [1.29, 1.82) is 0 Å². The molecule has 0 spiro atoms. The number of aromatic nitrogens is 6. The summed E-state index contributed by atoms with van der Waals surface area (Å²) >= 11 is 0. The van der Waals surface area contributed by atoms with Gasteiger partial charge in [0.05, 0.1) is 11.7 Å². The number of hydrogen-bond acceptors (Lipinski definition) is 6. The van der Waals surface area contributed by atoms with E-state index >= 15 is 0 Å². The highest BCUT2D eigenvalue weighted by Crippen LogP contribution is 2.36. The van der Waals surface area contributed by atoms with Gasteiger partial charge in [0.2, 0.25) is 0 Å². The Hall–Kier alpha value is -4.21. The van der Waals surface area contributed by atoms with Gasteiger partial charge in [-0.1, -0.05) is 0 Å². The first kappa shape index (κ1) is 18.8. The number of amides is 1. The van der Waals surface area contributed by atoms with Crippen molar-refractivity contribution in [3.8, 4) is 17.1 Å². The number of carbonyl (C=O) groups excluding carboxylic acids is 1. The highest BCUT2D eigenvalue weighted by molar-refractivity contribution is 6.02. The van der Waals surface area contributed by atoms with Crippen LogP contribution in [0.5, 0.6) is 0 Å². The van der Waals surface area contributed by atoms with E-state index in [1.807, 2.05) is 16.8 Å². The highest BCUT2D eigenvalue weighted by Gasteiger charge is 2.28. The van der Waals surface area contributed by atoms with Crippen LogP contribution in [0, 0.1) is 5.82 Å². The monoisotopic (exact) mass is 417 g/mol. The van der Waals surface area contributed by atoms with E-state index in [0.29, 0.717) is 23.2 Å². The number of hydrogen-bond donors (Lipinski definition) is 1. The summed E-state index contributed by atoms with van der Waals surface area (Å²) in [5.74, 6) is -0.222. The normalized spacial score (nSPS) is 13.2. The van der Waals surface area contributed by atoms with Crippen LogP contribution in [0.3, 0.4) is 0 Å². The summed E-state index contributed by atoms with van der Waals surface area (Å²) in [6, 6.07) is 15.4. The summed E-state index contributed by atoms with van der Waals surface area (Å²) in [6.45, 7) is 0. The molecule has 2 aromatic carbocycles. The van der Waals surface area contributed by atoms with Gasteiger partial charge in [-0.05, 0) is 77.9 Å². The lowest BCUT2D eigenvalue weighted by atomic mass is 10.2. The average molecular weight is 417 g/mol. The molecule has 1 saturated carbocycles. The summed E-state index contributed by atoms with van der Waals surface area (Å²) in [5, 5.41) is 18.7. The zero-order valence-corrected chi connectivity index (χ0v) is 16.1. The first-order valence-electron chi connectivity index (χ1n) is 9.64. The van der Waals surface area contributed by atoms with Crippen molar-refractivity contribution in [2.75, 3.05) is 5.32 Å². The lowest BCUT2D eigenvalue weighted by Gasteiger charge is -2.09. The van der Waals surface area contributed by atoms with Crippen molar-refractivity contribution in [1.82, 2.24) is 30.0 Å². The van der Waals surface area contributed by atoms with Crippen molar-refractivity contribution < 1.29 is 9.18 Å². The van der Waals surface area contributed by atoms with Gasteiger partial charge in [0.15, 0.2) is 5.82 Å². The fraction of sp³-hybridized carbons (Fsp3) is 0.143. The minimum Gasteiger partial charge on any atom is -0.321 e. The van der Waals surface area contributed by atoms with Gasteiger partial charge in [0.1, 0.15) is 11.5 Å². The third-order valence-electron chi connectivity index (χ3n) is 4.89. The maximum absolute atomic E-state index is 13.2. The van der Waals surface area contributed by atoms with Crippen LogP contribution >= 0.6 is 0 Å². The Morgan fingerprint density at radius 3 is 2.45 bits per heavy atom. The fourth-order valence-electron chi connectivity index (χ4n) is 3.15. The first-order valence-corrected chi connectivity index (χ1v) is 9.64. The zero-order valence-electron chi connectivity index (χ0n) is 16.1. The van der Waals surface area contributed by atoms with E-state index in [1.54, 1.807) is 12.1 Å². The van der Waals surface area contributed by atoms with Crippen molar-refractivity contribution in [3.63, 3.8) is 0 Å². The van der Waals surface area contributed by atoms with Gasteiger partial charge in [-0.15, -0.1) is 5.10 Å². The van der Waals surface area contributed by atoms with Crippen LogP contribution in [-0.2, 0) is 0 Å². The number of tetrazole rings is 1. The molecule has 1 N–H and O–H groups in total. The third-order valence-corrected chi connectivity index (χ3v) is 4.89. The molecule has 1 fully saturated rings. The van der Waals surface area contributed by atoms with Gasteiger partial charge in [-0.25, -0.2) is 9.07 Å². The third kappa shape index (κ3) is 3.82. The van der Waals surface area contributed by atoms with E-state index in [-0.39, 0.29) is 5.69 Å². The van der Waals surface area contributed by atoms with Gasteiger partial charge < -0.3 is 5.32 Å². The minimum absolute atomic E-state index is 0.0469. The van der Waals surface area contributed by atoms with Gasteiger partial charge >= 0.3 is 0 Å². The van der Waals surface area contributed by atoms with Crippen molar-refractivity contribution in [3.05, 3.63) is 82.5 Å². The molecular formula is C21H16FN7O2. The Balaban J connectivity index is 1.35. The van der Waals surface area contributed by atoms with Gasteiger partial charge in [0.25, 0.3) is 11.5 Å². The number of benzene rings is 2. The minimum atomic E-state index is -0.480. The number of nitrogens with one attached hydrogen (secondary N) is 1. The molecule has 0 radical (unpaired) electrons.